The molecule has 0 aliphatic carbocycles. The number of hydrogen-bond acceptors (Lipinski definition) is 3. The van der Waals surface area contributed by atoms with Crippen LogP contribution in [0.2, 0.25) is 5.02 Å². The lowest BCUT2D eigenvalue weighted by atomic mass is 9.94. The van der Waals surface area contributed by atoms with Crippen molar-refractivity contribution in [1.82, 2.24) is 10.6 Å². The molecule has 0 radical (unpaired) electrons. The second kappa shape index (κ2) is 7.67. The lowest BCUT2D eigenvalue weighted by Crippen LogP contribution is -2.46. The minimum Gasteiger partial charge on any atom is -0.497 e. The molecule has 1 aliphatic rings. The lowest BCUT2D eigenvalue weighted by molar-refractivity contribution is -0.113. The Balaban J connectivity index is 1.97. The van der Waals surface area contributed by atoms with Gasteiger partial charge < -0.3 is 20.7 Å². The van der Waals surface area contributed by atoms with Gasteiger partial charge in [0.05, 0.1) is 18.7 Å². The van der Waals surface area contributed by atoms with Gasteiger partial charge in [-0.25, -0.2) is 9.18 Å². The maximum absolute atomic E-state index is 14.4. The highest BCUT2D eigenvalue weighted by Crippen LogP contribution is 2.34. The summed E-state index contributed by atoms with van der Waals surface area (Å²) in [7, 11) is 1.54. The smallest absolute Gasteiger partial charge is 0.319 e. The van der Waals surface area contributed by atoms with Crippen LogP contribution in [0.1, 0.15) is 18.5 Å². The van der Waals surface area contributed by atoms with E-state index in [0.717, 1.165) is 0 Å². The molecule has 0 fully saturated rings. The number of urea groups is 1. The normalized spacial score (nSPS) is 16.4. The van der Waals surface area contributed by atoms with E-state index in [2.05, 4.69) is 16.0 Å². The highest BCUT2D eigenvalue weighted by atomic mass is 35.5. The molecule has 0 spiro atoms. The zero-order chi connectivity index (χ0) is 19.6. The zero-order valence-electron chi connectivity index (χ0n) is 14.6. The van der Waals surface area contributed by atoms with Crippen LogP contribution in [-0.2, 0) is 4.79 Å². The Hall–Kier alpha value is -3.06. The molecule has 1 heterocycles. The number of carbonyl (C=O) groups excluding carboxylic acids is 2. The largest absolute Gasteiger partial charge is 0.497 e. The van der Waals surface area contributed by atoms with Gasteiger partial charge in [-0.2, -0.15) is 0 Å². The second-order valence-corrected chi connectivity index (χ2v) is 6.30. The molecular weight excluding hydrogens is 373 g/mol. The highest BCUT2D eigenvalue weighted by molar-refractivity contribution is 6.31. The molecule has 140 valence electrons. The number of amides is 3. The number of carbonyl (C=O) groups is 2. The molecule has 3 amide bonds. The summed E-state index contributed by atoms with van der Waals surface area (Å²) in [4.78, 5) is 24.8. The van der Waals surface area contributed by atoms with E-state index < -0.39 is 23.8 Å². The van der Waals surface area contributed by atoms with E-state index in [9.17, 15) is 14.0 Å². The van der Waals surface area contributed by atoms with Gasteiger partial charge in [0.15, 0.2) is 0 Å². The van der Waals surface area contributed by atoms with Crippen molar-refractivity contribution in [1.29, 1.82) is 0 Å². The van der Waals surface area contributed by atoms with Crippen LogP contribution in [0.4, 0.5) is 14.9 Å². The van der Waals surface area contributed by atoms with Gasteiger partial charge in [-0.3, -0.25) is 4.79 Å². The summed E-state index contributed by atoms with van der Waals surface area (Å²) in [5.74, 6) is -0.460. The molecule has 2 aromatic carbocycles. The van der Waals surface area contributed by atoms with Crippen LogP contribution in [0.5, 0.6) is 5.75 Å². The number of allylic oxidation sites excluding steroid dienone is 1. The summed E-state index contributed by atoms with van der Waals surface area (Å²) in [5.41, 5.74) is 1.04. The van der Waals surface area contributed by atoms with E-state index in [0.29, 0.717) is 17.1 Å². The Morgan fingerprint density at radius 2 is 1.93 bits per heavy atom. The van der Waals surface area contributed by atoms with Gasteiger partial charge in [-0.15, -0.1) is 0 Å². The standard InChI is InChI=1S/C19H17ClFN3O3/c1-10-15(18(25)23-11-6-8-12(27-2)9-7-11)17(24-19(26)22-10)16-13(20)4-3-5-14(16)21/h3-9,17H,1-2H3,(H,23,25)(H2,22,24,26)/t17-/m1/s1. The Labute approximate surface area is 160 Å². The van der Waals surface area contributed by atoms with E-state index in [-0.39, 0.29) is 16.2 Å². The minimum atomic E-state index is -1.02. The molecule has 3 rings (SSSR count). The quantitative estimate of drug-likeness (QED) is 0.745. The van der Waals surface area contributed by atoms with Crippen molar-refractivity contribution >= 4 is 29.2 Å². The minimum absolute atomic E-state index is 0.0354. The molecule has 6 nitrogen and oxygen atoms in total. The van der Waals surface area contributed by atoms with Crippen LogP contribution >= 0.6 is 11.6 Å². The number of hydrogen-bond donors (Lipinski definition) is 3. The Kier molecular flexibility index (Phi) is 5.32. The Morgan fingerprint density at radius 3 is 2.56 bits per heavy atom. The number of nitrogens with one attached hydrogen (secondary N) is 3. The molecule has 0 unspecified atom stereocenters. The van der Waals surface area contributed by atoms with Crippen molar-refractivity contribution in [2.75, 3.05) is 12.4 Å². The van der Waals surface area contributed by atoms with Crippen LogP contribution in [0.15, 0.2) is 53.7 Å². The molecule has 1 atom stereocenters. The predicted octanol–water partition coefficient (Wildman–Crippen LogP) is 3.75. The number of anilines is 1. The van der Waals surface area contributed by atoms with Gasteiger partial charge in [-0.1, -0.05) is 17.7 Å². The number of ether oxygens (including phenoxy) is 1. The van der Waals surface area contributed by atoms with Crippen LogP contribution in [0.25, 0.3) is 0 Å². The molecule has 0 bridgehead atoms. The second-order valence-electron chi connectivity index (χ2n) is 5.89. The van der Waals surface area contributed by atoms with Crippen LogP contribution in [-0.4, -0.2) is 19.0 Å². The van der Waals surface area contributed by atoms with E-state index >= 15 is 0 Å². The zero-order valence-corrected chi connectivity index (χ0v) is 15.4. The topological polar surface area (TPSA) is 79.5 Å². The van der Waals surface area contributed by atoms with Crippen molar-refractivity contribution in [3.8, 4) is 5.75 Å². The molecule has 8 heteroatoms. The summed E-state index contributed by atoms with van der Waals surface area (Å²) in [6.45, 7) is 1.57. The highest BCUT2D eigenvalue weighted by Gasteiger charge is 2.34. The van der Waals surface area contributed by atoms with Crippen LogP contribution in [0, 0.1) is 5.82 Å². The molecule has 0 saturated carbocycles. The maximum Gasteiger partial charge on any atom is 0.319 e. The molecule has 1 aliphatic heterocycles. The summed E-state index contributed by atoms with van der Waals surface area (Å²) in [6, 6.07) is 9.36. The fraction of sp³-hybridized carbons (Fsp3) is 0.158. The van der Waals surface area contributed by atoms with Gasteiger partial charge in [0.25, 0.3) is 5.91 Å². The fourth-order valence-corrected chi connectivity index (χ4v) is 3.14. The van der Waals surface area contributed by atoms with E-state index in [1.165, 1.54) is 18.2 Å². The third-order valence-corrected chi connectivity index (χ3v) is 4.48. The first-order chi connectivity index (χ1) is 12.9. The Bertz CT molecular complexity index is 908. The molecule has 27 heavy (non-hydrogen) atoms. The summed E-state index contributed by atoms with van der Waals surface area (Å²) in [6.07, 6.45) is 0. The van der Waals surface area contributed by atoms with Gasteiger partial charge in [0.2, 0.25) is 0 Å². The molecular formula is C19H17ClFN3O3. The SMILES string of the molecule is COc1ccc(NC(=O)C2=C(C)NC(=O)N[C@H]2c2c(F)cccc2Cl)cc1. The van der Waals surface area contributed by atoms with Gasteiger partial charge >= 0.3 is 6.03 Å². The van der Waals surface area contributed by atoms with E-state index in [4.69, 9.17) is 16.3 Å². The molecule has 2 aromatic rings. The first-order valence-corrected chi connectivity index (χ1v) is 8.46. The molecule has 0 aromatic heterocycles. The molecule has 0 saturated heterocycles. The summed E-state index contributed by atoms with van der Waals surface area (Å²) >= 11 is 6.14. The third kappa shape index (κ3) is 3.88. The van der Waals surface area contributed by atoms with Gasteiger partial charge in [0, 0.05) is 22.0 Å². The average Bonchev–Trinajstić information content (AvgIpc) is 2.61. The third-order valence-electron chi connectivity index (χ3n) is 4.15. The average molecular weight is 390 g/mol. The van der Waals surface area contributed by atoms with Crippen molar-refractivity contribution in [3.05, 3.63) is 70.1 Å². The van der Waals surface area contributed by atoms with Crippen LogP contribution in [0.3, 0.4) is 0 Å². The van der Waals surface area contributed by atoms with Gasteiger partial charge in [0.1, 0.15) is 11.6 Å². The number of rotatable bonds is 4. The fourth-order valence-electron chi connectivity index (χ4n) is 2.87. The Morgan fingerprint density at radius 1 is 1.22 bits per heavy atom. The van der Waals surface area contributed by atoms with E-state index in [1.54, 1.807) is 38.3 Å². The number of halogens is 2. The monoisotopic (exact) mass is 389 g/mol. The first-order valence-electron chi connectivity index (χ1n) is 8.08. The van der Waals surface area contributed by atoms with Gasteiger partial charge in [-0.05, 0) is 43.3 Å². The number of benzene rings is 2. The summed E-state index contributed by atoms with van der Waals surface area (Å²) < 4.78 is 19.5. The predicted molar refractivity (Wildman–Crippen MR) is 100 cm³/mol. The molecule has 3 N–H and O–H groups in total. The van der Waals surface area contributed by atoms with Crippen molar-refractivity contribution in [3.63, 3.8) is 0 Å². The lowest BCUT2D eigenvalue weighted by Gasteiger charge is -2.29. The van der Waals surface area contributed by atoms with Crippen LogP contribution < -0.4 is 20.7 Å². The first kappa shape index (κ1) is 18.7. The number of methoxy groups -OCH3 is 1. The summed E-state index contributed by atoms with van der Waals surface area (Å²) in [5, 5.41) is 7.96. The van der Waals surface area contributed by atoms with Crippen molar-refractivity contribution in [2.24, 2.45) is 0 Å². The van der Waals surface area contributed by atoms with Crippen molar-refractivity contribution in [2.45, 2.75) is 13.0 Å². The van der Waals surface area contributed by atoms with E-state index in [1.807, 2.05) is 0 Å². The van der Waals surface area contributed by atoms with Crippen molar-refractivity contribution < 1.29 is 18.7 Å². The maximum atomic E-state index is 14.4.